The molecule has 0 radical (unpaired) electrons. The number of amides is 1. The van der Waals surface area contributed by atoms with Crippen LogP contribution in [0.1, 0.15) is 48.1 Å². The van der Waals surface area contributed by atoms with Gasteiger partial charge in [0.25, 0.3) is 0 Å². The maximum absolute atomic E-state index is 13.1. The summed E-state index contributed by atoms with van der Waals surface area (Å²) < 4.78 is 29.9. The largest absolute Gasteiger partial charge is 0.343 e. The molecule has 2 aromatic rings. The molecule has 2 aliphatic heterocycles. The molecule has 33 heavy (non-hydrogen) atoms. The van der Waals surface area contributed by atoms with E-state index in [4.69, 9.17) is 0 Å². The Morgan fingerprint density at radius 3 is 2.33 bits per heavy atom. The Hall–Kier alpha value is -2.49. The third-order valence-electron chi connectivity index (χ3n) is 6.44. The predicted octanol–water partition coefficient (Wildman–Crippen LogP) is 2.54. The maximum Gasteiger partial charge on any atom is 0.243 e. The molecular formula is C24H32N4O4S. The van der Waals surface area contributed by atoms with Crippen LogP contribution < -0.4 is 5.32 Å². The van der Waals surface area contributed by atoms with Crippen molar-refractivity contribution in [2.75, 3.05) is 38.0 Å². The SMILES string of the molecule is Cc1cc(C(=O)CN2CCN(S(=O)(=O)c3ccc4c(c3)CC(=O)N4)CC2)c(C)n1C(C)(C)C. The van der Waals surface area contributed by atoms with Gasteiger partial charge >= 0.3 is 0 Å². The minimum Gasteiger partial charge on any atom is -0.343 e. The van der Waals surface area contributed by atoms with E-state index in [-0.39, 0.29) is 35.1 Å². The number of hydrogen-bond donors (Lipinski definition) is 1. The van der Waals surface area contributed by atoms with Crippen molar-refractivity contribution in [3.05, 3.63) is 46.8 Å². The van der Waals surface area contributed by atoms with Crippen molar-refractivity contribution >= 4 is 27.4 Å². The summed E-state index contributed by atoms with van der Waals surface area (Å²) in [5.74, 6) is -0.0631. The van der Waals surface area contributed by atoms with Crippen LogP contribution in [0.4, 0.5) is 5.69 Å². The van der Waals surface area contributed by atoms with Gasteiger partial charge in [-0.25, -0.2) is 8.42 Å². The third-order valence-corrected chi connectivity index (χ3v) is 8.34. The molecule has 0 saturated carbocycles. The summed E-state index contributed by atoms with van der Waals surface area (Å²) in [5.41, 5.74) is 4.04. The fourth-order valence-electron chi connectivity index (χ4n) is 5.01. The van der Waals surface area contributed by atoms with Crippen molar-refractivity contribution in [1.29, 1.82) is 0 Å². The van der Waals surface area contributed by atoms with E-state index in [1.807, 2.05) is 24.8 Å². The van der Waals surface area contributed by atoms with E-state index in [2.05, 4.69) is 30.7 Å². The van der Waals surface area contributed by atoms with E-state index >= 15 is 0 Å². The minimum atomic E-state index is -3.65. The van der Waals surface area contributed by atoms with Crippen molar-refractivity contribution in [1.82, 2.24) is 13.8 Å². The lowest BCUT2D eigenvalue weighted by molar-refractivity contribution is -0.115. The van der Waals surface area contributed by atoms with Crippen LogP contribution >= 0.6 is 0 Å². The normalized spacial score (nSPS) is 17.8. The first-order valence-corrected chi connectivity index (χ1v) is 12.7. The number of piperazine rings is 1. The first-order valence-electron chi connectivity index (χ1n) is 11.3. The number of sulfonamides is 1. The van der Waals surface area contributed by atoms with Crippen LogP contribution in [0.2, 0.25) is 0 Å². The molecule has 9 heteroatoms. The van der Waals surface area contributed by atoms with Gasteiger partial charge in [0.2, 0.25) is 15.9 Å². The highest BCUT2D eigenvalue weighted by Gasteiger charge is 2.31. The van der Waals surface area contributed by atoms with Gasteiger partial charge in [0.15, 0.2) is 5.78 Å². The molecular weight excluding hydrogens is 440 g/mol. The summed E-state index contributed by atoms with van der Waals surface area (Å²) in [5, 5.41) is 2.72. The molecule has 0 spiro atoms. The summed E-state index contributed by atoms with van der Waals surface area (Å²) in [7, 11) is -3.65. The highest BCUT2D eigenvalue weighted by atomic mass is 32.2. The molecule has 1 saturated heterocycles. The molecule has 0 bridgehead atoms. The molecule has 1 N–H and O–H groups in total. The van der Waals surface area contributed by atoms with Crippen molar-refractivity contribution < 1.29 is 18.0 Å². The quantitative estimate of drug-likeness (QED) is 0.676. The second kappa shape index (κ2) is 8.38. The van der Waals surface area contributed by atoms with Crippen LogP contribution in [0.5, 0.6) is 0 Å². The smallest absolute Gasteiger partial charge is 0.243 e. The summed E-state index contributed by atoms with van der Waals surface area (Å²) in [6.45, 7) is 12.3. The van der Waals surface area contributed by atoms with E-state index < -0.39 is 10.0 Å². The molecule has 178 valence electrons. The lowest BCUT2D eigenvalue weighted by Crippen LogP contribution is -2.49. The van der Waals surface area contributed by atoms with Gasteiger partial charge in [-0.2, -0.15) is 4.31 Å². The molecule has 3 heterocycles. The highest BCUT2D eigenvalue weighted by Crippen LogP contribution is 2.28. The molecule has 1 amide bonds. The van der Waals surface area contributed by atoms with Gasteiger partial charge in [-0.3, -0.25) is 14.5 Å². The number of carbonyl (C=O) groups is 2. The number of nitrogens with zero attached hydrogens (tertiary/aromatic N) is 3. The van der Waals surface area contributed by atoms with Crippen molar-refractivity contribution in [3.8, 4) is 0 Å². The number of carbonyl (C=O) groups excluding carboxylic acids is 2. The molecule has 4 rings (SSSR count). The molecule has 0 atom stereocenters. The van der Waals surface area contributed by atoms with Gasteiger partial charge in [-0.1, -0.05) is 0 Å². The molecule has 8 nitrogen and oxygen atoms in total. The zero-order valence-electron chi connectivity index (χ0n) is 19.9. The lowest BCUT2D eigenvalue weighted by atomic mass is 10.1. The number of benzene rings is 1. The molecule has 1 aromatic carbocycles. The van der Waals surface area contributed by atoms with Gasteiger partial charge in [-0.15, -0.1) is 0 Å². The van der Waals surface area contributed by atoms with Crippen LogP contribution in [0.25, 0.3) is 0 Å². The summed E-state index contributed by atoms with van der Waals surface area (Å²) in [4.78, 5) is 26.8. The fourth-order valence-corrected chi connectivity index (χ4v) is 6.48. The predicted molar refractivity (Wildman–Crippen MR) is 127 cm³/mol. The second-order valence-electron chi connectivity index (χ2n) is 9.94. The second-order valence-corrected chi connectivity index (χ2v) is 11.9. The van der Waals surface area contributed by atoms with Crippen LogP contribution in [-0.2, 0) is 26.8 Å². The Labute approximate surface area is 195 Å². The Morgan fingerprint density at radius 2 is 1.73 bits per heavy atom. The molecule has 0 unspecified atom stereocenters. The number of Topliss-reactive ketones (excluding diaryl/α,β-unsaturated/α-hetero) is 1. The Morgan fingerprint density at radius 1 is 1.06 bits per heavy atom. The Balaban J connectivity index is 1.41. The minimum absolute atomic E-state index is 0.0608. The van der Waals surface area contributed by atoms with Gasteiger partial charge in [0.05, 0.1) is 17.9 Å². The fraction of sp³-hybridized carbons (Fsp3) is 0.500. The van der Waals surface area contributed by atoms with Crippen LogP contribution in [0.15, 0.2) is 29.2 Å². The van der Waals surface area contributed by atoms with E-state index in [0.717, 1.165) is 17.0 Å². The average molecular weight is 473 g/mol. The van der Waals surface area contributed by atoms with Gasteiger partial charge < -0.3 is 9.88 Å². The number of fused-ring (bicyclic) bond motifs is 1. The number of rotatable bonds is 5. The molecule has 0 aliphatic carbocycles. The number of hydrogen-bond acceptors (Lipinski definition) is 5. The number of ketones is 1. The van der Waals surface area contributed by atoms with E-state index in [0.29, 0.717) is 37.4 Å². The first-order chi connectivity index (χ1) is 15.4. The van der Waals surface area contributed by atoms with Crippen molar-refractivity contribution in [2.24, 2.45) is 0 Å². The Bertz CT molecular complexity index is 1220. The van der Waals surface area contributed by atoms with Crippen LogP contribution in [0, 0.1) is 13.8 Å². The average Bonchev–Trinajstić information content (AvgIpc) is 3.25. The standard InChI is InChI=1S/C24H32N4O4S/c1-16-12-20(17(2)28(16)24(3,4)5)22(29)15-26-8-10-27(11-9-26)33(31,32)19-6-7-21-18(13-19)14-23(30)25-21/h6-7,12-13H,8-11,14-15H2,1-5H3,(H,25,30). The van der Waals surface area contributed by atoms with Crippen LogP contribution in [-0.4, -0.2) is 66.6 Å². The van der Waals surface area contributed by atoms with Gasteiger partial charge in [-0.05, 0) is 64.4 Å². The maximum atomic E-state index is 13.1. The number of nitrogens with one attached hydrogen (secondary N) is 1. The van der Waals surface area contributed by atoms with E-state index in [1.54, 1.807) is 18.2 Å². The van der Waals surface area contributed by atoms with Crippen molar-refractivity contribution in [2.45, 2.75) is 51.5 Å². The summed E-state index contributed by atoms with van der Waals surface area (Å²) in [6, 6.07) is 6.73. The number of anilines is 1. The summed E-state index contributed by atoms with van der Waals surface area (Å²) in [6.07, 6.45) is 0.199. The topological polar surface area (TPSA) is 91.7 Å². The molecule has 1 fully saturated rings. The zero-order chi connectivity index (χ0) is 24.1. The van der Waals surface area contributed by atoms with Crippen LogP contribution in [0.3, 0.4) is 0 Å². The highest BCUT2D eigenvalue weighted by molar-refractivity contribution is 7.89. The number of aryl methyl sites for hydroxylation is 1. The zero-order valence-corrected chi connectivity index (χ0v) is 20.8. The van der Waals surface area contributed by atoms with E-state index in [9.17, 15) is 18.0 Å². The Kier molecular flexibility index (Phi) is 6.01. The molecule has 2 aliphatic rings. The third kappa shape index (κ3) is 4.49. The number of aromatic nitrogens is 1. The first kappa shape index (κ1) is 23.7. The lowest BCUT2D eigenvalue weighted by Gasteiger charge is -2.33. The van der Waals surface area contributed by atoms with Gasteiger partial charge in [0, 0.05) is 54.4 Å². The monoisotopic (exact) mass is 472 g/mol. The van der Waals surface area contributed by atoms with Gasteiger partial charge in [0.1, 0.15) is 0 Å². The molecule has 1 aromatic heterocycles. The summed E-state index contributed by atoms with van der Waals surface area (Å²) >= 11 is 0. The van der Waals surface area contributed by atoms with E-state index in [1.165, 1.54) is 4.31 Å². The van der Waals surface area contributed by atoms with Crippen molar-refractivity contribution in [3.63, 3.8) is 0 Å².